The zero-order chi connectivity index (χ0) is 15.3. The molecule has 1 atom stereocenters. The summed E-state index contributed by atoms with van der Waals surface area (Å²) in [5, 5.41) is 0. The Morgan fingerprint density at radius 2 is 1.67 bits per heavy atom. The number of alkyl halides is 1. The lowest BCUT2D eigenvalue weighted by atomic mass is 10.1. The van der Waals surface area contributed by atoms with Crippen molar-refractivity contribution in [1.29, 1.82) is 0 Å². The lowest BCUT2D eigenvalue weighted by Gasteiger charge is -2.16. The first-order valence-electron chi connectivity index (χ1n) is 6.70. The highest BCUT2D eigenvalue weighted by Crippen LogP contribution is 2.13. The van der Waals surface area contributed by atoms with Crippen LogP contribution in [0.15, 0.2) is 59.5 Å². The molecule has 1 N–H and O–H groups in total. The summed E-state index contributed by atoms with van der Waals surface area (Å²) >= 11 is 2.21. The van der Waals surface area contributed by atoms with E-state index in [0.717, 1.165) is 15.6 Å². The third-order valence-electron chi connectivity index (χ3n) is 3.16. The minimum atomic E-state index is -3.46. The average molecular weight is 415 g/mol. The Morgan fingerprint density at radius 1 is 1.05 bits per heavy atom. The largest absolute Gasteiger partial charge is 0.240 e. The molecule has 0 aromatic heterocycles. The molecule has 0 aliphatic carbocycles. The number of halogens is 1. The SMILES string of the molecule is Cc1ccc(S(=O)(=O)NC(CI)Cc2ccccc2)cc1. The maximum absolute atomic E-state index is 12.4. The number of benzene rings is 2. The molecule has 2 rings (SSSR count). The van der Waals surface area contributed by atoms with Crippen molar-refractivity contribution in [3.05, 3.63) is 65.7 Å². The van der Waals surface area contributed by atoms with E-state index in [1.165, 1.54) is 0 Å². The van der Waals surface area contributed by atoms with Crippen LogP contribution >= 0.6 is 22.6 Å². The van der Waals surface area contributed by atoms with Crippen molar-refractivity contribution in [2.75, 3.05) is 4.43 Å². The maximum atomic E-state index is 12.4. The van der Waals surface area contributed by atoms with Crippen molar-refractivity contribution < 1.29 is 8.42 Å². The Bertz CT molecular complexity index is 669. The fourth-order valence-electron chi connectivity index (χ4n) is 2.03. The molecule has 0 aliphatic rings. The van der Waals surface area contributed by atoms with Crippen molar-refractivity contribution in [3.63, 3.8) is 0 Å². The summed E-state index contributed by atoms with van der Waals surface area (Å²) in [6.45, 7) is 1.94. The molecule has 0 saturated carbocycles. The minimum Gasteiger partial charge on any atom is -0.207 e. The molecule has 112 valence electrons. The van der Waals surface area contributed by atoms with E-state index in [-0.39, 0.29) is 6.04 Å². The molecule has 0 aliphatic heterocycles. The second-order valence-corrected chi connectivity index (χ2v) is 7.57. The normalized spacial score (nSPS) is 13.0. The molecule has 0 bridgehead atoms. The van der Waals surface area contributed by atoms with E-state index in [2.05, 4.69) is 27.3 Å². The summed E-state index contributed by atoms with van der Waals surface area (Å²) in [4.78, 5) is 0.316. The summed E-state index contributed by atoms with van der Waals surface area (Å²) in [6, 6.07) is 16.7. The quantitative estimate of drug-likeness (QED) is 0.581. The lowest BCUT2D eigenvalue weighted by molar-refractivity contribution is 0.563. The maximum Gasteiger partial charge on any atom is 0.240 e. The highest BCUT2D eigenvalue weighted by Gasteiger charge is 2.19. The zero-order valence-corrected chi connectivity index (χ0v) is 14.8. The van der Waals surface area contributed by atoms with Crippen LogP contribution in [0.1, 0.15) is 11.1 Å². The predicted octanol–water partition coefficient (Wildman–Crippen LogP) is 3.32. The van der Waals surface area contributed by atoms with Gasteiger partial charge in [-0.1, -0.05) is 70.6 Å². The van der Waals surface area contributed by atoms with Crippen molar-refractivity contribution in [2.24, 2.45) is 0 Å². The van der Waals surface area contributed by atoms with Crippen molar-refractivity contribution >= 4 is 32.6 Å². The van der Waals surface area contributed by atoms with Crippen LogP contribution in [-0.2, 0) is 16.4 Å². The van der Waals surface area contributed by atoms with Crippen LogP contribution in [0.25, 0.3) is 0 Å². The van der Waals surface area contributed by atoms with Crippen LogP contribution in [0, 0.1) is 6.92 Å². The average Bonchev–Trinajstić information content (AvgIpc) is 2.48. The Morgan fingerprint density at radius 3 is 2.24 bits per heavy atom. The van der Waals surface area contributed by atoms with Gasteiger partial charge in [-0.3, -0.25) is 0 Å². The van der Waals surface area contributed by atoms with Gasteiger partial charge >= 0.3 is 0 Å². The molecule has 2 aromatic rings. The Kier molecular flexibility index (Phi) is 5.78. The molecular formula is C16H18INO2S. The number of hydrogen-bond donors (Lipinski definition) is 1. The molecule has 2 aromatic carbocycles. The van der Waals surface area contributed by atoms with Crippen LogP contribution in [0.5, 0.6) is 0 Å². The molecule has 1 unspecified atom stereocenters. The van der Waals surface area contributed by atoms with Gasteiger partial charge in [-0.2, -0.15) is 0 Å². The second-order valence-electron chi connectivity index (χ2n) is 4.98. The van der Waals surface area contributed by atoms with Gasteiger partial charge in [0.05, 0.1) is 4.90 Å². The monoisotopic (exact) mass is 415 g/mol. The molecule has 0 spiro atoms. The molecule has 0 heterocycles. The number of hydrogen-bond acceptors (Lipinski definition) is 2. The highest BCUT2D eigenvalue weighted by atomic mass is 127. The summed E-state index contributed by atoms with van der Waals surface area (Å²) in [5.74, 6) is 0. The third-order valence-corrected chi connectivity index (χ3v) is 5.76. The molecular weight excluding hydrogens is 397 g/mol. The van der Waals surface area contributed by atoms with Gasteiger partial charge in [-0.25, -0.2) is 13.1 Å². The highest BCUT2D eigenvalue weighted by molar-refractivity contribution is 14.1. The smallest absolute Gasteiger partial charge is 0.207 e. The van der Waals surface area contributed by atoms with Crippen LogP contribution in [0.4, 0.5) is 0 Å². The van der Waals surface area contributed by atoms with Gasteiger partial charge in [0.25, 0.3) is 0 Å². The topological polar surface area (TPSA) is 46.2 Å². The second kappa shape index (κ2) is 7.38. The molecule has 3 nitrogen and oxygen atoms in total. The van der Waals surface area contributed by atoms with Crippen molar-refractivity contribution in [1.82, 2.24) is 4.72 Å². The fourth-order valence-corrected chi connectivity index (χ4v) is 4.10. The fraction of sp³-hybridized carbons (Fsp3) is 0.250. The number of sulfonamides is 1. The number of aryl methyl sites for hydroxylation is 1. The van der Waals surface area contributed by atoms with Crippen molar-refractivity contribution in [2.45, 2.75) is 24.3 Å². The molecule has 0 fully saturated rings. The van der Waals surface area contributed by atoms with E-state index in [4.69, 9.17) is 0 Å². The summed E-state index contributed by atoms with van der Waals surface area (Å²) < 4.78 is 28.3. The van der Waals surface area contributed by atoms with Crippen LogP contribution in [-0.4, -0.2) is 18.9 Å². The molecule has 21 heavy (non-hydrogen) atoms. The van der Waals surface area contributed by atoms with E-state index >= 15 is 0 Å². The predicted molar refractivity (Wildman–Crippen MR) is 94.3 cm³/mol. The Hall–Kier alpha value is -0.920. The number of rotatable bonds is 6. The van der Waals surface area contributed by atoms with Gasteiger partial charge in [0.2, 0.25) is 10.0 Å². The third kappa shape index (κ3) is 4.79. The van der Waals surface area contributed by atoms with E-state index in [0.29, 0.717) is 11.3 Å². The number of nitrogens with one attached hydrogen (secondary N) is 1. The summed E-state index contributed by atoms with van der Waals surface area (Å²) in [7, 11) is -3.46. The van der Waals surface area contributed by atoms with Crippen LogP contribution in [0.2, 0.25) is 0 Å². The van der Waals surface area contributed by atoms with Gasteiger partial charge < -0.3 is 0 Å². The van der Waals surface area contributed by atoms with Crippen LogP contribution in [0.3, 0.4) is 0 Å². The standard InChI is InChI=1S/C16H18INO2S/c1-13-7-9-16(10-8-13)21(19,20)18-15(12-17)11-14-5-3-2-4-6-14/h2-10,15,18H,11-12H2,1H3. The van der Waals surface area contributed by atoms with E-state index in [9.17, 15) is 8.42 Å². The van der Waals surface area contributed by atoms with Gasteiger partial charge in [-0.15, -0.1) is 0 Å². The summed E-state index contributed by atoms with van der Waals surface area (Å²) in [6.07, 6.45) is 0.689. The van der Waals surface area contributed by atoms with Crippen LogP contribution < -0.4 is 4.72 Å². The zero-order valence-electron chi connectivity index (χ0n) is 11.8. The molecule has 0 radical (unpaired) electrons. The minimum absolute atomic E-state index is 0.112. The first kappa shape index (κ1) is 16.5. The lowest BCUT2D eigenvalue weighted by Crippen LogP contribution is -2.37. The summed E-state index contributed by atoms with van der Waals surface area (Å²) in [5.41, 5.74) is 2.18. The van der Waals surface area contributed by atoms with Gasteiger partial charge in [0, 0.05) is 10.5 Å². The molecule has 5 heteroatoms. The van der Waals surface area contributed by atoms with Gasteiger partial charge in [-0.05, 0) is 31.0 Å². The van der Waals surface area contributed by atoms with E-state index in [1.807, 2.05) is 49.4 Å². The van der Waals surface area contributed by atoms with Crippen molar-refractivity contribution in [3.8, 4) is 0 Å². The molecule has 0 amide bonds. The van der Waals surface area contributed by atoms with E-state index < -0.39 is 10.0 Å². The van der Waals surface area contributed by atoms with Gasteiger partial charge in [0.1, 0.15) is 0 Å². The Balaban J connectivity index is 2.12. The first-order valence-corrected chi connectivity index (χ1v) is 9.71. The molecule has 0 saturated heterocycles. The Labute approximate surface area is 140 Å². The first-order chi connectivity index (χ1) is 10.0. The van der Waals surface area contributed by atoms with E-state index in [1.54, 1.807) is 12.1 Å². The van der Waals surface area contributed by atoms with Gasteiger partial charge in [0.15, 0.2) is 0 Å².